The van der Waals surface area contributed by atoms with Gasteiger partial charge < -0.3 is 19.1 Å². The van der Waals surface area contributed by atoms with Crippen LogP contribution < -0.4 is 24.4 Å². The second kappa shape index (κ2) is 18.4. The van der Waals surface area contributed by atoms with E-state index in [1.54, 1.807) is 66.9 Å². The molecule has 3 atom stereocenters. The van der Waals surface area contributed by atoms with E-state index in [0.29, 0.717) is 92.4 Å². The van der Waals surface area contributed by atoms with E-state index in [0.717, 1.165) is 27.6 Å². The third-order valence-corrected chi connectivity index (χ3v) is 14.6. The number of anilines is 1. The van der Waals surface area contributed by atoms with Crippen LogP contribution in [-0.2, 0) is 38.4 Å². The number of carbonyl (C=O) groups excluding carboxylic acids is 4. The Morgan fingerprint density at radius 1 is 0.899 bits per heavy atom. The number of piperidine rings is 2. The fourth-order valence-electron chi connectivity index (χ4n) is 10.0. The van der Waals surface area contributed by atoms with Crippen molar-refractivity contribution in [3.05, 3.63) is 101 Å². The van der Waals surface area contributed by atoms with E-state index in [1.165, 1.54) is 19.4 Å². The minimum Gasteiger partial charge on any atom is -0.493 e. The van der Waals surface area contributed by atoms with Crippen LogP contribution in [0.2, 0.25) is 0 Å². The molecule has 4 amide bonds. The van der Waals surface area contributed by atoms with Gasteiger partial charge in [-0.15, -0.1) is 0 Å². The number of pyridine rings is 1. The van der Waals surface area contributed by atoms with Crippen LogP contribution in [0.5, 0.6) is 23.0 Å². The van der Waals surface area contributed by atoms with Gasteiger partial charge >= 0.3 is 0 Å². The van der Waals surface area contributed by atoms with Crippen molar-refractivity contribution in [1.82, 2.24) is 34.8 Å². The van der Waals surface area contributed by atoms with Gasteiger partial charge in [-0.05, 0) is 80.3 Å². The highest BCUT2D eigenvalue weighted by Gasteiger charge is 2.49. The van der Waals surface area contributed by atoms with Crippen molar-refractivity contribution in [2.45, 2.75) is 63.1 Å². The highest BCUT2D eigenvalue weighted by atomic mass is 32.2. The minimum absolute atomic E-state index is 0.0493. The van der Waals surface area contributed by atoms with Crippen molar-refractivity contribution >= 4 is 50.2 Å². The van der Waals surface area contributed by atoms with Crippen molar-refractivity contribution in [2.24, 2.45) is 7.05 Å². The number of nitrogens with zero attached hydrogens (tertiary/aromatic N) is 7. The van der Waals surface area contributed by atoms with Gasteiger partial charge in [-0.25, -0.2) is 22.2 Å². The lowest BCUT2D eigenvalue weighted by Gasteiger charge is -2.46. The first-order valence-electron chi connectivity index (χ1n) is 22.9. The van der Waals surface area contributed by atoms with Crippen LogP contribution >= 0.6 is 0 Å². The first-order chi connectivity index (χ1) is 32.8. The molecule has 0 radical (unpaired) electrons. The molecular weight excluding hydrogens is 915 g/mol. The van der Waals surface area contributed by atoms with Gasteiger partial charge in [0.05, 0.1) is 65.9 Å². The number of hydrogen-bond acceptors (Lipinski definition) is 14. The molecule has 20 heteroatoms. The molecule has 3 aromatic carbocycles. The molecule has 1 N–H and O–H groups in total. The number of amides is 4. The molecule has 6 heterocycles. The summed E-state index contributed by atoms with van der Waals surface area (Å²) in [7, 11) is -0.432. The number of piperazine rings is 1. The number of rotatable bonds is 14. The lowest BCUT2D eigenvalue weighted by atomic mass is 9.77. The predicted molar refractivity (Wildman–Crippen MR) is 251 cm³/mol. The zero-order valence-corrected chi connectivity index (χ0v) is 39.9. The normalized spacial score (nSPS) is 21.6. The van der Waals surface area contributed by atoms with Crippen molar-refractivity contribution in [3.8, 4) is 23.0 Å². The van der Waals surface area contributed by atoms with Crippen LogP contribution in [0.4, 0.5) is 14.6 Å². The fraction of sp³-hybridized carbons (Fsp3) is 0.429. The number of benzene rings is 3. The van der Waals surface area contributed by atoms with Gasteiger partial charge in [0.15, 0.2) is 11.5 Å². The van der Waals surface area contributed by atoms with Crippen LogP contribution in [0.25, 0.3) is 10.9 Å². The number of fused-ring (bicyclic) bond motifs is 2. The molecule has 364 valence electrons. The average molecular weight is 969 g/mol. The van der Waals surface area contributed by atoms with Crippen molar-refractivity contribution in [1.29, 1.82) is 0 Å². The lowest BCUT2D eigenvalue weighted by molar-refractivity contribution is -0.137. The van der Waals surface area contributed by atoms with Crippen LogP contribution in [0.3, 0.4) is 0 Å². The smallest absolute Gasteiger partial charge is 0.275 e. The molecule has 2 aromatic heterocycles. The van der Waals surface area contributed by atoms with Crippen LogP contribution in [0, 0.1) is 0 Å². The molecule has 0 saturated carbocycles. The van der Waals surface area contributed by atoms with Crippen LogP contribution in [0.1, 0.15) is 76.7 Å². The van der Waals surface area contributed by atoms with Crippen LogP contribution in [-0.4, -0.2) is 138 Å². The molecule has 3 saturated heterocycles. The Bertz CT molecular complexity index is 2960. The molecule has 0 spiro atoms. The maximum atomic E-state index is 16.0. The predicted octanol–water partition coefficient (Wildman–Crippen LogP) is 5.28. The largest absolute Gasteiger partial charge is 0.493 e. The maximum Gasteiger partial charge on any atom is 0.275 e. The number of likely N-dealkylation sites (tertiary alicyclic amines) is 1. The average Bonchev–Trinajstić information content (AvgIpc) is 3.78. The molecule has 5 aromatic rings. The fourth-order valence-corrected chi connectivity index (χ4v) is 10.9. The Kier molecular flexibility index (Phi) is 12.7. The summed E-state index contributed by atoms with van der Waals surface area (Å²) in [5, 5.41) is 7.89. The number of hydrogen-bond donors (Lipinski definition) is 1. The molecular formula is C49H54F2N8O9S. The van der Waals surface area contributed by atoms with E-state index in [1.807, 2.05) is 34.1 Å². The number of aryl methyl sites for hydroxylation is 1. The topological polar surface area (TPSA) is 186 Å². The summed E-state index contributed by atoms with van der Waals surface area (Å²) >= 11 is 0. The number of carbonyl (C=O) groups is 4. The second-order valence-electron chi connectivity index (χ2n) is 18.4. The van der Waals surface area contributed by atoms with Gasteiger partial charge in [-0.1, -0.05) is 18.2 Å². The Morgan fingerprint density at radius 2 is 1.62 bits per heavy atom. The van der Waals surface area contributed by atoms with E-state index in [4.69, 9.17) is 14.2 Å². The number of sulfone groups is 1. The van der Waals surface area contributed by atoms with Crippen molar-refractivity contribution in [3.63, 3.8) is 0 Å². The highest BCUT2D eigenvalue weighted by Crippen LogP contribution is 2.40. The molecule has 4 aliphatic rings. The van der Waals surface area contributed by atoms with Crippen LogP contribution in [0.15, 0.2) is 72.9 Å². The van der Waals surface area contributed by atoms with E-state index in [-0.39, 0.29) is 35.8 Å². The van der Waals surface area contributed by atoms with Gasteiger partial charge in [0.1, 0.15) is 27.2 Å². The Hall–Kier alpha value is -6.51. The third-order valence-electron chi connectivity index (χ3n) is 13.7. The molecule has 69 heavy (non-hydrogen) atoms. The number of halogens is 2. The lowest BCUT2D eigenvalue weighted by Crippen LogP contribution is -2.61. The van der Waals surface area contributed by atoms with Gasteiger partial charge in [0.25, 0.3) is 17.7 Å². The molecule has 0 bridgehead atoms. The summed E-state index contributed by atoms with van der Waals surface area (Å²) in [6.07, 6.45) is 3.23. The standard InChI is InChI=1S/C49H54F2N8O9S/c1-6-67-40-23-31(9-14-39(40)66-4)38(28-69(5,64)65)59-45(61)35-25-42(52-26-36(35)46(59)62)58-21-19-57(20-22-58)41-16-18-56(29-49(41,50)51)27-30-7-10-32(11-8-30)68-33-12-13-34-37(24-33)55(3)54-44(34)48(2)17-15-43(60)53-47(48)63/h7-14,23-26,38,41H,6,15-22,27-29H2,1-5H3,(H,53,60,63)/t38-,41+,48-/m1/s1. The van der Waals surface area contributed by atoms with E-state index in [9.17, 15) is 27.6 Å². The Balaban J connectivity index is 0.799. The molecule has 9 rings (SSSR count). The zero-order valence-electron chi connectivity index (χ0n) is 39.0. The molecule has 17 nitrogen and oxygen atoms in total. The number of nitrogens with one attached hydrogen (secondary N) is 1. The first-order valence-corrected chi connectivity index (χ1v) is 25.0. The quantitative estimate of drug-likeness (QED) is 0.142. The highest BCUT2D eigenvalue weighted by molar-refractivity contribution is 7.90. The third kappa shape index (κ3) is 9.36. The Labute approximate surface area is 398 Å². The first kappa shape index (κ1) is 47.6. The number of alkyl halides is 2. The Morgan fingerprint density at radius 3 is 2.30 bits per heavy atom. The minimum atomic E-state index is -3.69. The SMILES string of the molecule is CCOc1cc([C@@H](CS(C)(=O)=O)N2C(=O)c3cnc(N4CCN([C@H]5CCN(Cc6ccc(Oc7ccc8c([C@@]9(C)CCC(=O)NC9=O)nn(C)c8c7)cc6)CC5(F)F)CC4)cc3C2=O)ccc1OC. The summed E-state index contributed by atoms with van der Waals surface area (Å²) in [4.78, 5) is 63.5. The maximum absolute atomic E-state index is 16.0. The monoisotopic (exact) mass is 968 g/mol. The number of methoxy groups -OCH3 is 1. The van der Waals surface area contributed by atoms with Gasteiger partial charge in [-0.3, -0.25) is 43.9 Å². The molecule has 0 aliphatic carbocycles. The summed E-state index contributed by atoms with van der Waals surface area (Å²) in [6.45, 7) is 5.70. The van der Waals surface area contributed by atoms with E-state index >= 15 is 8.78 Å². The van der Waals surface area contributed by atoms with Gasteiger partial charge in [0.2, 0.25) is 11.8 Å². The summed E-state index contributed by atoms with van der Waals surface area (Å²) < 4.78 is 76.3. The number of aromatic nitrogens is 3. The summed E-state index contributed by atoms with van der Waals surface area (Å²) in [6, 6.07) is 17.0. The number of imide groups is 2. The summed E-state index contributed by atoms with van der Waals surface area (Å²) in [5.74, 6) is -3.19. The zero-order chi connectivity index (χ0) is 49.0. The molecule has 3 fully saturated rings. The molecule has 0 unspecified atom stereocenters. The van der Waals surface area contributed by atoms with Crippen molar-refractivity contribution in [2.75, 3.05) is 69.9 Å². The number of ether oxygens (including phenoxy) is 3. The van der Waals surface area contributed by atoms with E-state index < -0.39 is 57.4 Å². The van der Waals surface area contributed by atoms with E-state index in [2.05, 4.69) is 15.4 Å². The second-order valence-corrected chi connectivity index (χ2v) is 20.6. The van der Waals surface area contributed by atoms with Gasteiger partial charge in [-0.2, -0.15) is 5.10 Å². The summed E-state index contributed by atoms with van der Waals surface area (Å²) in [5.41, 5.74) is 1.79. The van der Waals surface area contributed by atoms with Gasteiger partial charge in [0, 0.05) is 76.6 Å². The molecule has 4 aliphatic heterocycles. The van der Waals surface area contributed by atoms with Crippen molar-refractivity contribution < 1.29 is 50.6 Å².